The molecule has 0 heterocycles. The van der Waals surface area contributed by atoms with Crippen LogP contribution in [0.15, 0.2) is 42.5 Å². The summed E-state index contributed by atoms with van der Waals surface area (Å²) >= 11 is 5.83. The molecule has 0 atom stereocenters. The van der Waals surface area contributed by atoms with Crippen LogP contribution in [-0.2, 0) is 11.2 Å². The topological polar surface area (TPSA) is 43.4 Å². The van der Waals surface area contributed by atoms with Gasteiger partial charge in [0.1, 0.15) is 11.5 Å². The lowest BCUT2D eigenvalue weighted by molar-refractivity contribution is -0.116. The summed E-state index contributed by atoms with van der Waals surface area (Å²) in [6, 6.07) is 11.8. The van der Waals surface area contributed by atoms with E-state index in [1.807, 2.05) is 0 Å². The van der Waals surface area contributed by atoms with Crippen LogP contribution in [0.3, 0.4) is 0 Å². The van der Waals surface area contributed by atoms with Crippen molar-refractivity contribution in [2.45, 2.75) is 13.3 Å². The van der Waals surface area contributed by atoms with Gasteiger partial charge in [-0.25, -0.2) is 0 Å². The largest absolute Gasteiger partial charge is 0.497 e. The molecule has 0 saturated heterocycles. The highest BCUT2D eigenvalue weighted by molar-refractivity contribution is 6.30. The number of rotatable bonds is 5. The normalized spacial score (nSPS) is 10.2. The van der Waals surface area contributed by atoms with Crippen molar-refractivity contribution < 1.29 is 14.3 Å². The molecule has 0 unspecified atom stereocenters. The fraction of sp³-hybridized carbons (Fsp3) is 0.176. The zero-order valence-corrected chi connectivity index (χ0v) is 12.6. The van der Waals surface area contributed by atoms with Crippen molar-refractivity contribution in [1.29, 1.82) is 0 Å². The van der Waals surface area contributed by atoms with Crippen LogP contribution < -0.4 is 4.74 Å². The van der Waals surface area contributed by atoms with Crippen molar-refractivity contribution >= 4 is 23.2 Å². The Kier molecular flexibility index (Phi) is 4.76. The maximum Gasteiger partial charge on any atom is 0.193 e. The first-order valence-electron chi connectivity index (χ1n) is 6.48. The molecule has 0 amide bonds. The maximum absolute atomic E-state index is 12.6. The number of methoxy groups -OCH3 is 1. The van der Waals surface area contributed by atoms with E-state index in [0.29, 0.717) is 27.5 Å². The van der Waals surface area contributed by atoms with E-state index in [0.717, 1.165) is 0 Å². The number of halogens is 1. The first-order valence-corrected chi connectivity index (χ1v) is 6.85. The van der Waals surface area contributed by atoms with Gasteiger partial charge in [-0.3, -0.25) is 9.59 Å². The molecule has 0 aliphatic rings. The van der Waals surface area contributed by atoms with E-state index in [1.165, 1.54) is 6.92 Å². The number of carbonyl (C=O) groups is 2. The van der Waals surface area contributed by atoms with Gasteiger partial charge in [0.05, 0.1) is 7.11 Å². The summed E-state index contributed by atoms with van der Waals surface area (Å²) in [5.41, 5.74) is 1.71. The van der Waals surface area contributed by atoms with Crippen LogP contribution in [0.1, 0.15) is 28.4 Å². The molecule has 2 aromatic rings. The van der Waals surface area contributed by atoms with E-state index < -0.39 is 0 Å². The lowest BCUT2D eigenvalue weighted by Gasteiger charge is -2.10. The Morgan fingerprint density at radius 3 is 2.33 bits per heavy atom. The smallest absolute Gasteiger partial charge is 0.193 e. The minimum Gasteiger partial charge on any atom is -0.497 e. The molecule has 0 aliphatic heterocycles. The monoisotopic (exact) mass is 302 g/mol. The molecule has 21 heavy (non-hydrogen) atoms. The molecule has 0 aliphatic carbocycles. The standard InChI is InChI=1S/C17H15ClO3/c1-11(19)9-13-10-15(21-2)7-8-16(13)17(20)12-3-5-14(18)6-4-12/h3-8,10H,9H2,1-2H3. The SMILES string of the molecule is COc1ccc(C(=O)c2ccc(Cl)cc2)c(CC(C)=O)c1. The molecule has 4 heteroatoms. The fourth-order valence-corrected chi connectivity index (χ4v) is 2.22. The van der Waals surface area contributed by atoms with Gasteiger partial charge in [0.15, 0.2) is 5.78 Å². The Hall–Kier alpha value is -2.13. The van der Waals surface area contributed by atoms with Crippen molar-refractivity contribution in [3.05, 3.63) is 64.2 Å². The number of carbonyl (C=O) groups excluding carboxylic acids is 2. The first-order chi connectivity index (χ1) is 10.0. The molecule has 108 valence electrons. The predicted octanol–water partition coefficient (Wildman–Crippen LogP) is 3.71. The van der Waals surface area contributed by atoms with Crippen LogP contribution in [0.4, 0.5) is 0 Å². The molecular weight excluding hydrogens is 288 g/mol. The van der Waals surface area contributed by atoms with Gasteiger partial charge in [-0.2, -0.15) is 0 Å². The second-order valence-corrected chi connectivity index (χ2v) is 5.17. The Bertz CT molecular complexity index is 675. The van der Waals surface area contributed by atoms with Crippen molar-refractivity contribution in [3.63, 3.8) is 0 Å². The molecular formula is C17H15ClO3. The molecule has 2 aromatic carbocycles. The van der Waals surface area contributed by atoms with Crippen LogP contribution in [0.2, 0.25) is 5.02 Å². The van der Waals surface area contributed by atoms with Gasteiger partial charge in [-0.1, -0.05) is 11.6 Å². The van der Waals surface area contributed by atoms with Crippen molar-refractivity contribution in [1.82, 2.24) is 0 Å². The van der Waals surface area contributed by atoms with Crippen LogP contribution in [0.25, 0.3) is 0 Å². The lowest BCUT2D eigenvalue weighted by Crippen LogP contribution is -2.08. The highest BCUT2D eigenvalue weighted by Crippen LogP contribution is 2.22. The van der Waals surface area contributed by atoms with Crippen LogP contribution in [0.5, 0.6) is 5.75 Å². The predicted molar refractivity (Wildman–Crippen MR) is 82.3 cm³/mol. The highest BCUT2D eigenvalue weighted by atomic mass is 35.5. The van der Waals surface area contributed by atoms with E-state index in [2.05, 4.69) is 0 Å². The molecule has 2 rings (SSSR count). The minimum absolute atomic E-state index is 0.00610. The van der Waals surface area contributed by atoms with Crippen molar-refractivity contribution in [3.8, 4) is 5.75 Å². The maximum atomic E-state index is 12.6. The summed E-state index contributed by atoms with van der Waals surface area (Å²) in [6.07, 6.45) is 0.200. The number of hydrogen-bond donors (Lipinski definition) is 0. The van der Waals surface area contributed by atoms with Crippen molar-refractivity contribution in [2.75, 3.05) is 7.11 Å². The van der Waals surface area contributed by atoms with E-state index >= 15 is 0 Å². The molecule has 3 nitrogen and oxygen atoms in total. The van der Waals surface area contributed by atoms with Crippen molar-refractivity contribution in [2.24, 2.45) is 0 Å². The number of hydrogen-bond acceptors (Lipinski definition) is 3. The molecule has 0 aromatic heterocycles. The average Bonchev–Trinajstić information content (AvgIpc) is 2.46. The summed E-state index contributed by atoms with van der Waals surface area (Å²) in [7, 11) is 1.55. The third-order valence-electron chi connectivity index (χ3n) is 3.10. The molecule has 0 fully saturated rings. The summed E-state index contributed by atoms with van der Waals surface area (Å²) in [4.78, 5) is 24.0. The second kappa shape index (κ2) is 6.55. The van der Waals surface area contributed by atoms with E-state index in [-0.39, 0.29) is 18.0 Å². The summed E-state index contributed by atoms with van der Waals surface area (Å²) in [5, 5.41) is 0.574. The summed E-state index contributed by atoms with van der Waals surface area (Å²) in [5.74, 6) is 0.484. The Morgan fingerprint density at radius 2 is 1.76 bits per heavy atom. The Labute approximate surface area is 128 Å². The van der Waals surface area contributed by atoms with Crippen LogP contribution in [0, 0.1) is 0 Å². The number of Topliss-reactive ketones (excluding diaryl/α,β-unsaturated/α-hetero) is 1. The van der Waals surface area contributed by atoms with Gasteiger partial charge in [0, 0.05) is 22.6 Å². The average molecular weight is 303 g/mol. The second-order valence-electron chi connectivity index (χ2n) is 4.74. The Balaban J connectivity index is 2.44. The lowest BCUT2D eigenvalue weighted by atomic mass is 9.95. The Morgan fingerprint density at radius 1 is 1.10 bits per heavy atom. The third-order valence-corrected chi connectivity index (χ3v) is 3.35. The van der Waals surface area contributed by atoms with Gasteiger partial charge in [-0.05, 0) is 55.0 Å². The summed E-state index contributed by atoms with van der Waals surface area (Å²) < 4.78 is 5.15. The van der Waals surface area contributed by atoms with Gasteiger partial charge in [0.25, 0.3) is 0 Å². The van der Waals surface area contributed by atoms with Crippen LogP contribution in [-0.4, -0.2) is 18.7 Å². The number of ether oxygens (including phenoxy) is 1. The molecule has 0 spiro atoms. The zero-order valence-electron chi connectivity index (χ0n) is 11.9. The number of benzene rings is 2. The quantitative estimate of drug-likeness (QED) is 0.791. The van der Waals surface area contributed by atoms with Gasteiger partial charge in [-0.15, -0.1) is 0 Å². The third kappa shape index (κ3) is 3.70. The molecule has 0 bridgehead atoms. The molecule has 0 radical (unpaired) electrons. The fourth-order valence-electron chi connectivity index (χ4n) is 2.09. The highest BCUT2D eigenvalue weighted by Gasteiger charge is 2.15. The van der Waals surface area contributed by atoms with E-state index in [9.17, 15) is 9.59 Å². The zero-order chi connectivity index (χ0) is 15.4. The van der Waals surface area contributed by atoms with E-state index in [4.69, 9.17) is 16.3 Å². The van der Waals surface area contributed by atoms with Gasteiger partial charge < -0.3 is 4.74 Å². The van der Waals surface area contributed by atoms with Gasteiger partial charge >= 0.3 is 0 Å². The molecule has 0 N–H and O–H groups in total. The van der Waals surface area contributed by atoms with Crippen LogP contribution >= 0.6 is 11.6 Å². The van der Waals surface area contributed by atoms with Gasteiger partial charge in [0.2, 0.25) is 0 Å². The van der Waals surface area contributed by atoms with E-state index in [1.54, 1.807) is 49.6 Å². The first kappa shape index (κ1) is 15.3. The summed E-state index contributed by atoms with van der Waals surface area (Å²) in [6.45, 7) is 1.50. The minimum atomic E-state index is -0.134. The number of ketones is 2. The molecule has 0 saturated carbocycles.